The van der Waals surface area contributed by atoms with Crippen LogP contribution in [0.15, 0.2) is 0 Å². The lowest BCUT2D eigenvalue weighted by molar-refractivity contribution is -0.168. The molecule has 0 aliphatic heterocycles. The standard InChI is InChI=1S/C25H42O4/c1-14(5-4-6-22(28)29)18-7-8-19-23(18)15(2)11-20-24(19)21(27)13-16-12-17(26)9-10-25(16,20)3/h14-21,23-24,26-27H,4-13H2,1-3H3,(H,28,29)/t14-,15-,16+,17-,18+,19-,20+,21-,23-,24+,25+/m1/s1. The average molecular weight is 407 g/mol. The minimum absolute atomic E-state index is 0.173. The van der Waals surface area contributed by atoms with Crippen LogP contribution < -0.4 is 0 Å². The lowest BCUT2D eigenvalue weighted by Gasteiger charge is -2.61. The monoisotopic (exact) mass is 406 g/mol. The van der Waals surface area contributed by atoms with Gasteiger partial charge in [0.1, 0.15) is 0 Å². The van der Waals surface area contributed by atoms with E-state index in [0.717, 1.165) is 38.5 Å². The molecule has 0 spiro atoms. The van der Waals surface area contributed by atoms with E-state index < -0.39 is 5.97 Å². The Morgan fingerprint density at radius 2 is 1.86 bits per heavy atom. The minimum atomic E-state index is -0.680. The Kier molecular flexibility index (Phi) is 6.07. The summed E-state index contributed by atoms with van der Waals surface area (Å²) in [5.41, 5.74) is 0.285. The molecule has 0 heterocycles. The number of hydrogen-bond donors (Lipinski definition) is 3. The first-order valence-corrected chi connectivity index (χ1v) is 12.3. The molecule has 4 saturated carbocycles. The van der Waals surface area contributed by atoms with Gasteiger partial charge < -0.3 is 15.3 Å². The molecule has 0 radical (unpaired) electrons. The summed E-state index contributed by atoms with van der Waals surface area (Å²) in [6, 6.07) is 0. The van der Waals surface area contributed by atoms with Crippen LogP contribution in [0.1, 0.15) is 85.0 Å². The highest BCUT2D eigenvalue weighted by atomic mass is 16.4. The van der Waals surface area contributed by atoms with Crippen molar-refractivity contribution in [2.24, 2.45) is 52.8 Å². The summed E-state index contributed by atoms with van der Waals surface area (Å²) in [5, 5.41) is 30.5. The number of carbonyl (C=O) groups is 1. The number of hydrogen-bond acceptors (Lipinski definition) is 3. The van der Waals surface area contributed by atoms with Gasteiger partial charge in [-0.3, -0.25) is 4.79 Å². The fourth-order valence-corrected chi connectivity index (χ4v) is 8.81. The zero-order valence-corrected chi connectivity index (χ0v) is 18.6. The van der Waals surface area contributed by atoms with Gasteiger partial charge in [-0.25, -0.2) is 0 Å². The minimum Gasteiger partial charge on any atom is -0.481 e. The molecule has 0 bridgehead atoms. The third-order valence-electron chi connectivity index (χ3n) is 10.2. The second kappa shape index (κ2) is 8.15. The highest BCUT2D eigenvalue weighted by molar-refractivity contribution is 5.66. The molecule has 4 rings (SSSR count). The smallest absolute Gasteiger partial charge is 0.303 e. The first-order valence-electron chi connectivity index (χ1n) is 12.3. The summed E-state index contributed by atoms with van der Waals surface area (Å²) in [6.45, 7) is 7.26. The molecule has 0 saturated heterocycles. The Hall–Kier alpha value is -0.610. The third kappa shape index (κ3) is 3.78. The van der Waals surface area contributed by atoms with Gasteiger partial charge in [-0.05, 0) is 111 Å². The molecular weight excluding hydrogens is 364 g/mol. The van der Waals surface area contributed by atoms with Crippen molar-refractivity contribution in [3.05, 3.63) is 0 Å². The zero-order chi connectivity index (χ0) is 20.9. The average Bonchev–Trinajstić information content (AvgIpc) is 3.09. The Bertz CT molecular complexity index is 606. The maximum Gasteiger partial charge on any atom is 0.303 e. The fourth-order valence-electron chi connectivity index (χ4n) is 8.81. The lowest BCUT2D eigenvalue weighted by Crippen LogP contribution is -2.58. The Labute approximate surface area is 176 Å². The van der Waals surface area contributed by atoms with E-state index in [9.17, 15) is 15.0 Å². The molecule has 0 amide bonds. The van der Waals surface area contributed by atoms with Crippen molar-refractivity contribution in [2.75, 3.05) is 0 Å². The van der Waals surface area contributed by atoms with Gasteiger partial charge in [0, 0.05) is 6.42 Å². The van der Waals surface area contributed by atoms with Gasteiger partial charge in [0.25, 0.3) is 0 Å². The fraction of sp³-hybridized carbons (Fsp3) is 0.960. The van der Waals surface area contributed by atoms with E-state index in [1.54, 1.807) is 0 Å². The van der Waals surface area contributed by atoms with E-state index in [1.165, 1.54) is 19.3 Å². The van der Waals surface area contributed by atoms with Crippen LogP contribution in [0.2, 0.25) is 0 Å². The van der Waals surface area contributed by atoms with Crippen molar-refractivity contribution in [3.63, 3.8) is 0 Å². The molecular formula is C25H42O4. The molecule has 11 atom stereocenters. The molecule has 0 aromatic heterocycles. The largest absolute Gasteiger partial charge is 0.481 e. The third-order valence-corrected chi connectivity index (χ3v) is 10.2. The van der Waals surface area contributed by atoms with Crippen LogP contribution in [0.5, 0.6) is 0 Å². The predicted molar refractivity (Wildman–Crippen MR) is 113 cm³/mol. The molecule has 4 nitrogen and oxygen atoms in total. The van der Waals surface area contributed by atoms with Crippen molar-refractivity contribution in [1.29, 1.82) is 0 Å². The van der Waals surface area contributed by atoms with Gasteiger partial charge in [0.05, 0.1) is 12.2 Å². The number of carboxylic acid groups (broad SMARTS) is 1. The van der Waals surface area contributed by atoms with Crippen LogP contribution in [-0.2, 0) is 4.79 Å². The van der Waals surface area contributed by atoms with Crippen molar-refractivity contribution >= 4 is 5.97 Å². The Balaban J connectivity index is 1.51. The number of aliphatic hydroxyl groups excluding tert-OH is 2. The summed E-state index contributed by atoms with van der Waals surface area (Å²) >= 11 is 0. The van der Waals surface area contributed by atoms with Crippen LogP contribution in [0.25, 0.3) is 0 Å². The van der Waals surface area contributed by atoms with E-state index >= 15 is 0 Å². The first kappa shape index (κ1) is 21.6. The number of aliphatic carboxylic acids is 1. The van der Waals surface area contributed by atoms with Crippen LogP contribution in [-0.4, -0.2) is 33.5 Å². The SMILES string of the molecule is C[C@H](CCCC(=O)O)[C@@H]1CC[C@@H]2[C@@H]1[C@H](C)C[C@H]1[C@H]2[C@H](O)C[C@@H]2C[C@H](O)CC[C@@]21C. The molecule has 0 aromatic rings. The van der Waals surface area contributed by atoms with Crippen molar-refractivity contribution < 1.29 is 20.1 Å². The van der Waals surface area contributed by atoms with E-state index in [2.05, 4.69) is 20.8 Å². The van der Waals surface area contributed by atoms with Gasteiger partial charge in [-0.2, -0.15) is 0 Å². The second-order valence-electron chi connectivity index (χ2n) is 11.6. The Morgan fingerprint density at radius 1 is 1.10 bits per heavy atom. The molecule has 0 unspecified atom stereocenters. The van der Waals surface area contributed by atoms with Gasteiger partial charge in [0.15, 0.2) is 0 Å². The number of aliphatic hydroxyl groups is 2. The van der Waals surface area contributed by atoms with E-state index in [1.807, 2.05) is 0 Å². The maximum absolute atomic E-state index is 11.3. The second-order valence-corrected chi connectivity index (χ2v) is 11.6. The van der Waals surface area contributed by atoms with Crippen molar-refractivity contribution in [2.45, 2.75) is 97.2 Å². The van der Waals surface area contributed by atoms with E-state index in [-0.39, 0.29) is 24.0 Å². The summed E-state index contributed by atoms with van der Waals surface area (Å²) in [4.78, 5) is 10.9. The normalized spacial score (nSPS) is 50.3. The van der Waals surface area contributed by atoms with Gasteiger partial charge in [-0.15, -0.1) is 0 Å². The van der Waals surface area contributed by atoms with Crippen LogP contribution in [0.3, 0.4) is 0 Å². The molecule has 166 valence electrons. The zero-order valence-electron chi connectivity index (χ0n) is 18.6. The summed E-state index contributed by atoms with van der Waals surface area (Å²) in [6.07, 6.45) is 9.24. The Morgan fingerprint density at radius 3 is 2.59 bits per heavy atom. The molecule has 3 N–H and O–H groups in total. The molecule has 4 aliphatic carbocycles. The van der Waals surface area contributed by atoms with E-state index in [0.29, 0.717) is 47.3 Å². The molecule has 4 aliphatic rings. The quantitative estimate of drug-likeness (QED) is 0.617. The van der Waals surface area contributed by atoms with Crippen LogP contribution in [0, 0.1) is 52.8 Å². The summed E-state index contributed by atoms with van der Waals surface area (Å²) in [7, 11) is 0. The van der Waals surface area contributed by atoms with Crippen LogP contribution in [0.4, 0.5) is 0 Å². The number of rotatable bonds is 5. The van der Waals surface area contributed by atoms with Gasteiger partial charge in [0.2, 0.25) is 0 Å². The predicted octanol–water partition coefficient (Wildman–Crippen LogP) is 4.72. The highest BCUT2D eigenvalue weighted by Gasteiger charge is 2.60. The maximum atomic E-state index is 11.3. The van der Waals surface area contributed by atoms with Crippen molar-refractivity contribution in [1.82, 2.24) is 0 Å². The molecule has 0 aromatic carbocycles. The molecule has 29 heavy (non-hydrogen) atoms. The number of fused-ring (bicyclic) bond motifs is 5. The first-order chi connectivity index (χ1) is 13.7. The highest BCUT2D eigenvalue weighted by Crippen LogP contribution is 2.65. The van der Waals surface area contributed by atoms with Gasteiger partial charge in [-0.1, -0.05) is 20.8 Å². The van der Waals surface area contributed by atoms with E-state index in [4.69, 9.17) is 5.11 Å². The van der Waals surface area contributed by atoms with Crippen molar-refractivity contribution in [3.8, 4) is 0 Å². The van der Waals surface area contributed by atoms with Gasteiger partial charge >= 0.3 is 5.97 Å². The molecule has 4 fully saturated rings. The number of carboxylic acids is 1. The molecule has 4 heteroatoms. The van der Waals surface area contributed by atoms with Crippen LogP contribution >= 0.6 is 0 Å². The topological polar surface area (TPSA) is 77.8 Å². The summed E-state index contributed by atoms with van der Waals surface area (Å²) in [5.74, 6) is 4.11. The summed E-state index contributed by atoms with van der Waals surface area (Å²) < 4.78 is 0. The lowest BCUT2D eigenvalue weighted by atomic mass is 9.44.